The summed E-state index contributed by atoms with van der Waals surface area (Å²) in [5.74, 6) is 2.79. The zero-order valence-corrected chi connectivity index (χ0v) is 32.7. The molecule has 6 heterocycles. The third kappa shape index (κ3) is 6.96. The average molecular weight is 767 g/mol. The smallest absolute Gasteiger partial charge is 0.243 e. The lowest BCUT2D eigenvalue weighted by molar-refractivity contribution is 0.306. The fourth-order valence-electron chi connectivity index (χ4n) is 9.07. The summed E-state index contributed by atoms with van der Waals surface area (Å²) in [5.41, 5.74) is 3.06. The average Bonchev–Trinajstić information content (AvgIpc) is 3.92. The van der Waals surface area contributed by atoms with E-state index in [4.69, 9.17) is 12.2 Å². The molecule has 12 nitrogen and oxygen atoms in total. The third-order valence-electron chi connectivity index (χ3n) is 12.5. The quantitative estimate of drug-likeness (QED) is 0.186. The summed E-state index contributed by atoms with van der Waals surface area (Å²) in [6.07, 6.45) is 19.5. The molecule has 0 unspecified atom stereocenters. The number of nitrogens with zero attached hydrogens (tertiary/aromatic N) is 8. The topological polar surface area (TPSA) is 130 Å². The molecule has 5 fully saturated rings. The number of rotatable bonds is 6. The van der Waals surface area contributed by atoms with Gasteiger partial charge in [-0.05, 0) is 69.2 Å². The largest absolute Gasteiger partial charge is 0.359 e. The number of aromatic nitrogens is 6. The second-order valence-electron chi connectivity index (χ2n) is 16.3. The molecular formula is C40H50N10O2S2. The van der Waals surface area contributed by atoms with Crippen molar-refractivity contribution in [1.82, 2.24) is 39.1 Å². The maximum atomic E-state index is 13.3. The Morgan fingerprint density at radius 2 is 1.39 bits per heavy atom. The highest BCUT2D eigenvalue weighted by atomic mass is 32.2. The van der Waals surface area contributed by atoms with Crippen molar-refractivity contribution >= 4 is 60.9 Å². The molecule has 10 rings (SSSR count). The lowest BCUT2D eigenvalue weighted by Crippen LogP contribution is -2.46. The van der Waals surface area contributed by atoms with Crippen LogP contribution in [0.3, 0.4) is 0 Å². The molecule has 5 aromatic rings. The Kier molecular flexibility index (Phi) is 9.33. The Labute approximate surface area is 322 Å². The van der Waals surface area contributed by atoms with Crippen LogP contribution < -0.4 is 9.80 Å². The lowest BCUT2D eigenvalue weighted by Gasteiger charge is -2.35. The minimum Gasteiger partial charge on any atom is -0.359 e. The van der Waals surface area contributed by atoms with Crippen LogP contribution in [0.15, 0.2) is 66.3 Å². The van der Waals surface area contributed by atoms with Crippen molar-refractivity contribution < 1.29 is 8.42 Å². The summed E-state index contributed by atoms with van der Waals surface area (Å²) in [5, 5.41) is 2.11. The zero-order valence-electron chi connectivity index (χ0n) is 31.1. The molecule has 14 heteroatoms. The van der Waals surface area contributed by atoms with Gasteiger partial charge in [-0.15, -0.1) is 0 Å². The molecule has 5 aliphatic rings. The second kappa shape index (κ2) is 14.2. The monoisotopic (exact) mass is 766 g/mol. The van der Waals surface area contributed by atoms with E-state index >= 15 is 0 Å². The van der Waals surface area contributed by atoms with E-state index in [2.05, 4.69) is 50.7 Å². The van der Waals surface area contributed by atoms with E-state index in [9.17, 15) is 8.42 Å². The number of hydrogen-bond acceptors (Lipinski definition) is 9. The molecule has 0 radical (unpaired) electrons. The first kappa shape index (κ1) is 35.6. The van der Waals surface area contributed by atoms with Crippen LogP contribution in [0.2, 0.25) is 0 Å². The normalized spacial score (nSPS) is 21.3. The van der Waals surface area contributed by atoms with Gasteiger partial charge in [-0.3, -0.25) is 0 Å². The van der Waals surface area contributed by atoms with Crippen LogP contribution in [0.5, 0.6) is 0 Å². The molecule has 284 valence electrons. The number of anilines is 2. The molecular weight excluding hydrogens is 717 g/mol. The van der Waals surface area contributed by atoms with E-state index in [-0.39, 0.29) is 11.0 Å². The van der Waals surface area contributed by atoms with Crippen LogP contribution in [0.25, 0.3) is 22.1 Å². The third-order valence-corrected chi connectivity index (χ3v) is 14.7. The molecule has 0 amide bonds. The van der Waals surface area contributed by atoms with Gasteiger partial charge in [0.2, 0.25) is 10.0 Å². The number of aryl methyl sites for hydroxylation is 1. The molecule has 2 N–H and O–H groups in total. The highest BCUT2D eigenvalue weighted by Crippen LogP contribution is 2.49. The van der Waals surface area contributed by atoms with E-state index in [1.807, 2.05) is 37.5 Å². The maximum Gasteiger partial charge on any atom is 0.243 e. The van der Waals surface area contributed by atoms with E-state index in [1.54, 1.807) is 29.1 Å². The van der Waals surface area contributed by atoms with Crippen LogP contribution in [0, 0.1) is 18.3 Å². The van der Waals surface area contributed by atoms with Crippen molar-refractivity contribution in [2.45, 2.75) is 81.6 Å². The molecule has 2 spiro atoms. The molecule has 1 aromatic carbocycles. The summed E-state index contributed by atoms with van der Waals surface area (Å²) in [4.78, 5) is 33.0. The van der Waals surface area contributed by atoms with Crippen molar-refractivity contribution in [1.29, 1.82) is 0 Å². The number of sulfonamides is 1. The van der Waals surface area contributed by atoms with Crippen molar-refractivity contribution in [3.63, 3.8) is 0 Å². The van der Waals surface area contributed by atoms with Crippen LogP contribution in [-0.4, -0.2) is 104 Å². The van der Waals surface area contributed by atoms with Crippen LogP contribution >= 0.6 is 12.2 Å². The minimum absolute atomic E-state index is 0.0157. The number of aromatic amines is 2. The molecule has 0 atom stereocenters. The number of thiocarbonyl (C=S) groups is 1. The summed E-state index contributed by atoms with van der Waals surface area (Å²) in [6.45, 7) is 7.60. The van der Waals surface area contributed by atoms with Gasteiger partial charge < -0.3 is 24.7 Å². The minimum atomic E-state index is -3.50. The van der Waals surface area contributed by atoms with Gasteiger partial charge in [-0.1, -0.05) is 55.6 Å². The molecule has 2 saturated heterocycles. The second-order valence-corrected chi connectivity index (χ2v) is 18.8. The highest BCUT2D eigenvalue weighted by molar-refractivity contribution is 7.89. The molecule has 4 aromatic heterocycles. The fraction of sp³-hybridized carbons (Fsp3) is 0.525. The van der Waals surface area contributed by atoms with Gasteiger partial charge in [0.05, 0.1) is 26.2 Å². The first-order valence-electron chi connectivity index (χ1n) is 19.7. The van der Waals surface area contributed by atoms with Crippen LogP contribution in [0.4, 0.5) is 11.6 Å². The van der Waals surface area contributed by atoms with Crippen LogP contribution in [0.1, 0.15) is 69.8 Å². The van der Waals surface area contributed by atoms with Gasteiger partial charge in [-0.2, -0.15) is 4.31 Å². The Morgan fingerprint density at radius 3 is 2.00 bits per heavy atom. The van der Waals surface area contributed by atoms with E-state index in [0.717, 1.165) is 97.0 Å². The number of H-pyrrole nitrogens is 2. The number of nitrogens with one attached hydrogen (secondary N) is 2. The number of benzene rings is 1. The molecule has 2 aliphatic heterocycles. The molecule has 54 heavy (non-hydrogen) atoms. The van der Waals surface area contributed by atoms with Crippen molar-refractivity contribution in [2.24, 2.45) is 11.3 Å². The Morgan fingerprint density at radius 1 is 0.759 bits per heavy atom. The van der Waals surface area contributed by atoms with E-state index < -0.39 is 10.0 Å². The zero-order chi connectivity index (χ0) is 36.9. The summed E-state index contributed by atoms with van der Waals surface area (Å²) >= 11 is 5.96. The number of hydrogen-bond donors (Lipinski definition) is 2. The lowest BCUT2D eigenvalue weighted by atomic mass is 10.0. The molecule has 3 saturated carbocycles. The first-order chi connectivity index (χ1) is 26.2. The van der Waals surface area contributed by atoms with Gasteiger partial charge in [0.1, 0.15) is 35.6 Å². The van der Waals surface area contributed by atoms with Crippen molar-refractivity contribution in [2.75, 3.05) is 55.6 Å². The van der Waals surface area contributed by atoms with Crippen molar-refractivity contribution in [3.8, 4) is 0 Å². The highest BCUT2D eigenvalue weighted by Gasteiger charge is 2.52. The fourth-order valence-corrected chi connectivity index (χ4v) is 11.1. The standard InChI is InChI=1S/C20H23N5O2S.C20H27N5S/c1-15-2-4-16(5-3-15)28(26,27)25-11-10-24(12-20(13-25)7-8-20)19-17-6-9-21-18(17)22-14-23-19;26-17(12-15-4-1-2-5-15)25-11-3-10-24(13-20(25)7-8-20)19-16-6-9-21-18(16)22-14-23-19/h2-6,9,14H,7-8,10-13H2,1H3,(H,21,22,23);6,9,14-15H,1-5,7-8,10-13H2,(H,21,22,23). The summed E-state index contributed by atoms with van der Waals surface area (Å²) in [7, 11) is -3.50. The van der Waals surface area contributed by atoms with Gasteiger partial charge in [0, 0.05) is 70.0 Å². The Balaban J connectivity index is 0.000000143. The number of fused-ring (bicyclic) bond motifs is 2. The SMILES string of the molecule is Cc1ccc(S(=O)(=O)N2CCN(c3ncnc4[nH]ccc34)CC3(CC3)C2)cc1.S=C(CC1CCCC1)N1CCCN(c2ncnc3[nH]ccc23)CC12CC2. The summed E-state index contributed by atoms with van der Waals surface area (Å²) < 4.78 is 28.2. The first-order valence-corrected chi connectivity index (χ1v) is 21.5. The summed E-state index contributed by atoms with van der Waals surface area (Å²) in [6, 6.07) is 11.2. The van der Waals surface area contributed by atoms with E-state index in [0.29, 0.717) is 24.5 Å². The maximum absolute atomic E-state index is 13.3. The Hall–Kier alpha value is -4.14. The van der Waals surface area contributed by atoms with E-state index in [1.165, 1.54) is 43.5 Å². The molecule has 0 bridgehead atoms. The van der Waals surface area contributed by atoms with Gasteiger partial charge >= 0.3 is 0 Å². The van der Waals surface area contributed by atoms with Crippen LogP contribution in [-0.2, 0) is 10.0 Å². The molecule has 3 aliphatic carbocycles. The Bertz CT molecular complexity index is 2240. The van der Waals surface area contributed by atoms with Gasteiger partial charge in [0.15, 0.2) is 0 Å². The predicted molar refractivity (Wildman–Crippen MR) is 216 cm³/mol. The predicted octanol–water partition coefficient (Wildman–Crippen LogP) is 6.47. The van der Waals surface area contributed by atoms with Gasteiger partial charge in [0.25, 0.3) is 0 Å². The van der Waals surface area contributed by atoms with Crippen molar-refractivity contribution in [3.05, 3.63) is 67.0 Å². The van der Waals surface area contributed by atoms with Gasteiger partial charge in [-0.25, -0.2) is 28.4 Å².